The lowest BCUT2D eigenvalue weighted by molar-refractivity contribution is 0.524. The number of halogens is 2. The van der Waals surface area contributed by atoms with Gasteiger partial charge in [0.05, 0.1) is 0 Å². The van der Waals surface area contributed by atoms with Gasteiger partial charge < -0.3 is 0 Å². The number of fused-ring (bicyclic) bond motifs is 1. The maximum atomic E-state index is 2.59. The van der Waals surface area contributed by atoms with Gasteiger partial charge in [0.25, 0.3) is 0 Å². The summed E-state index contributed by atoms with van der Waals surface area (Å²) in [6.07, 6.45) is 2.15. The Morgan fingerprint density at radius 2 is 1.05 bits per heavy atom. The van der Waals surface area contributed by atoms with Gasteiger partial charge in [0.15, 0.2) is 0 Å². The van der Waals surface area contributed by atoms with E-state index in [1.54, 1.807) is 11.1 Å². The topological polar surface area (TPSA) is 0 Å². The Bertz CT molecular complexity index is 577. The van der Waals surface area contributed by atoms with E-state index in [0.29, 0.717) is 0 Å². The molecule has 0 saturated heterocycles. The van der Waals surface area contributed by atoms with Crippen LogP contribution in [-0.4, -0.2) is 0 Å². The molecule has 0 N–H and O–H groups in total. The van der Waals surface area contributed by atoms with Crippen LogP contribution >= 0.6 is 45.2 Å². The van der Waals surface area contributed by atoms with Crippen molar-refractivity contribution < 1.29 is 0 Å². The van der Waals surface area contributed by atoms with E-state index in [1.807, 2.05) is 0 Å². The third-order valence-corrected chi connectivity index (χ3v) is 8.60. The fourth-order valence-corrected chi connectivity index (χ4v) is 3.85. The van der Waals surface area contributed by atoms with E-state index in [-0.39, 0.29) is 10.8 Å². The number of allylic oxidation sites excluding steroid dienone is 4. The third-order valence-electron chi connectivity index (χ3n) is 4.06. The summed E-state index contributed by atoms with van der Waals surface area (Å²) in [6, 6.07) is 8.93. The lowest BCUT2D eigenvalue weighted by Crippen LogP contribution is -2.18. The minimum atomic E-state index is 0.211. The maximum absolute atomic E-state index is 2.59. The fraction of sp³-hybridized carbons (Fsp3) is 0.500. The zero-order valence-corrected chi connectivity index (χ0v) is 18.8. The van der Waals surface area contributed by atoms with Gasteiger partial charge >= 0.3 is 0 Å². The predicted molar refractivity (Wildman–Crippen MR) is 115 cm³/mol. The van der Waals surface area contributed by atoms with Crippen LogP contribution < -0.4 is 0 Å². The van der Waals surface area contributed by atoms with Gasteiger partial charge in [-0.05, 0) is 98.3 Å². The van der Waals surface area contributed by atoms with Gasteiger partial charge in [0, 0.05) is 0 Å². The summed E-state index contributed by atoms with van der Waals surface area (Å²) in [6.45, 7) is 13.9. The van der Waals surface area contributed by atoms with Gasteiger partial charge in [0.2, 0.25) is 0 Å². The molecule has 0 nitrogen and oxygen atoms in total. The highest BCUT2D eigenvalue weighted by atomic mass is 127. The molecule has 0 amide bonds. The summed E-state index contributed by atoms with van der Waals surface area (Å²) >= 11 is 5.17. The highest BCUT2D eigenvalue weighted by molar-refractivity contribution is 14.1. The maximum Gasteiger partial charge on any atom is -0.000195 e. The van der Waals surface area contributed by atoms with Gasteiger partial charge in [-0.2, -0.15) is 0 Å². The standard InChI is InChI=1S/C20H26I2/c1-19(2,3)17(21)15-11-13-9-7-8-10-14(13)12-16(15)18(22)20(4,5)6/h7-10H,11-12H2,1-6H3/b17-15-,18-16-. The van der Waals surface area contributed by atoms with Gasteiger partial charge in [-0.3, -0.25) is 0 Å². The first-order chi connectivity index (χ1) is 10.0. The average molecular weight is 520 g/mol. The van der Waals surface area contributed by atoms with Crippen LogP contribution in [0.25, 0.3) is 0 Å². The van der Waals surface area contributed by atoms with Gasteiger partial charge in [-0.1, -0.05) is 65.8 Å². The molecule has 0 radical (unpaired) electrons. The van der Waals surface area contributed by atoms with Crippen LogP contribution in [-0.2, 0) is 12.8 Å². The average Bonchev–Trinajstić information content (AvgIpc) is 2.42. The molecule has 1 aliphatic carbocycles. The summed E-state index contributed by atoms with van der Waals surface area (Å²) in [5.41, 5.74) is 6.54. The zero-order valence-electron chi connectivity index (χ0n) is 14.5. The van der Waals surface area contributed by atoms with Crippen LogP contribution in [0.4, 0.5) is 0 Å². The van der Waals surface area contributed by atoms with Crippen LogP contribution in [0.5, 0.6) is 0 Å². The molecule has 22 heavy (non-hydrogen) atoms. The molecule has 1 aliphatic rings. The highest BCUT2D eigenvalue weighted by Gasteiger charge is 2.29. The number of benzene rings is 1. The number of rotatable bonds is 0. The monoisotopic (exact) mass is 520 g/mol. The second kappa shape index (κ2) is 6.58. The molecule has 2 heteroatoms. The predicted octanol–water partition coefficient (Wildman–Crippen LogP) is 7.26. The molecule has 0 saturated carbocycles. The smallest absolute Gasteiger partial charge is 0.000195 e. The first kappa shape index (κ1) is 18.5. The van der Waals surface area contributed by atoms with Crippen molar-refractivity contribution in [2.45, 2.75) is 54.4 Å². The molecule has 2 rings (SSSR count). The van der Waals surface area contributed by atoms with Crippen LogP contribution in [0.1, 0.15) is 52.7 Å². The molecule has 0 fully saturated rings. The van der Waals surface area contributed by atoms with E-state index in [1.165, 1.54) is 18.3 Å². The van der Waals surface area contributed by atoms with Crippen molar-refractivity contribution >= 4 is 45.2 Å². The molecule has 0 aliphatic heterocycles. The van der Waals surface area contributed by atoms with E-state index in [9.17, 15) is 0 Å². The summed E-state index contributed by atoms with van der Waals surface area (Å²) in [7, 11) is 0. The van der Waals surface area contributed by atoms with E-state index >= 15 is 0 Å². The van der Waals surface area contributed by atoms with E-state index < -0.39 is 0 Å². The van der Waals surface area contributed by atoms with Crippen molar-refractivity contribution in [1.29, 1.82) is 0 Å². The molecule has 0 heterocycles. The van der Waals surface area contributed by atoms with Crippen molar-refractivity contribution in [3.63, 3.8) is 0 Å². The Hall–Kier alpha value is 0.160. The van der Waals surface area contributed by atoms with Crippen molar-refractivity contribution in [2.75, 3.05) is 0 Å². The lowest BCUT2D eigenvalue weighted by Gasteiger charge is -2.32. The highest BCUT2D eigenvalue weighted by Crippen LogP contribution is 2.45. The Balaban J connectivity index is 2.69. The summed E-state index contributed by atoms with van der Waals surface area (Å²) < 4.78 is 3.01. The van der Waals surface area contributed by atoms with Crippen LogP contribution in [0.15, 0.2) is 42.6 Å². The zero-order chi connectivity index (χ0) is 16.7. The molecular weight excluding hydrogens is 494 g/mol. The van der Waals surface area contributed by atoms with Crippen LogP contribution in [0.3, 0.4) is 0 Å². The normalized spacial score (nSPS) is 20.5. The SMILES string of the molecule is CC(C)(C)/C(I)=C1\Cc2ccccc2C\C1=C(\I)C(C)(C)C. The quantitative estimate of drug-likeness (QED) is 0.316. The first-order valence-corrected chi connectivity index (χ1v) is 10.0. The van der Waals surface area contributed by atoms with E-state index in [4.69, 9.17) is 0 Å². The van der Waals surface area contributed by atoms with Crippen molar-refractivity contribution in [3.8, 4) is 0 Å². The Morgan fingerprint density at radius 3 is 1.32 bits per heavy atom. The summed E-state index contributed by atoms with van der Waals surface area (Å²) in [5.74, 6) is 0. The van der Waals surface area contributed by atoms with Gasteiger partial charge in [0.1, 0.15) is 0 Å². The molecule has 120 valence electrons. The van der Waals surface area contributed by atoms with Crippen LogP contribution in [0.2, 0.25) is 0 Å². The fourth-order valence-electron chi connectivity index (χ4n) is 2.82. The molecule has 0 spiro atoms. The number of hydrogen-bond donors (Lipinski definition) is 0. The second-order valence-electron chi connectivity index (χ2n) is 8.21. The van der Waals surface area contributed by atoms with E-state index in [0.717, 1.165) is 12.8 Å². The Morgan fingerprint density at radius 1 is 0.727 bits per heavy atom. The van der Waals surface area contributed by atoms with Gasteiger partial charge in [-0.15, -0.1) is 0 Å². The molecule has 0 unspecified atom stereocenters. The molecule has 1 aromatic carbocycles. The van der Waals surface area contributed by atoms with Crippen molar-refractivity contribution in [3.05, 3.63) is 53.7 Å². The molecular formula is C20H26I2. The van der Waals surface area contributed by atoms with Crippen molar-refractivity contribution in [2.24, 2.45) is 10.8 Å². The largest absolute Gasteiger partial charge is 0.0620 e. The second-order valence-corrected chi connectivity index (χ2v) is 10.4. The van der Waals surface area contributed by atoms with Crippen LogP contribution in [0, 0.1) is 10.8 Å². The first-order valence-electron chi connectivity index (χ1n) is 7.87. The number of hydrogen-bond acceptors (Lipinski definition) is 0. The minimum absolute atomic E-state index is 0.211. The Kier molecular flexibility index (Phi) is 5.53. The summed E-state index contributed by atoms with van der Waals surface area (Å²) in [5, 5.41) is 0. The lowest BCUT2D eigenvalue weighted by atomic mass is 9.78. The molecule has 0 bridgehead atoms. The third kappa shape index (κ3) is 3.97. The van der Waals surface area contributed by atoms with Crippen molar-refractivity contribution in [1.82, 2.24) is 0 Å². The minimum Gasteiger partial charge on any atom is -0.0620 e. The van der Waals surface area contributed by atoms with Gasteiger partial charge in [-0.25, -0.2) is 0 Å². The molecule has 1 aromatic rings. The van der Waals surface area contributed by atoms with E-state index in [2.05, 4.69) is 111 Å². The summed E-state index contributed by atoms with van der Waals surface area (Å²) in [4.78, 5) is 0. The Labute approximate surface area is 163 Å². The molecule has 0 aromatic heterocycles. The molecule has 0 atom stereocenters.